The van der Waals surface area contributed by atoms with Crippen LogP contribution in [0, 0.1) is 5.92 Å². The molecular weight excluding hydrogens is 214 g/mol. The zero-order valence-corrected chi connectivity index (χ0v) is 9.69. The molecule has 0 fully saturated rings. The molecule has 6 nitrogen and oxygen atoms in total. The zero-order chi connectivity index (χ0) is 12.4. The van der Waals surface area contributed by atoms with Crippen molar-refractivity contribution in [3.05, 3.63) is 0 Å². The largest absolute Gasteiger partial charge is 0.481 e. The fourth-order valence-electron chi connectivity index (χ4n) is 1.02. The minimum atomic E-state index is -0.863. The molecule has 0 saturated heterocycles. The third kappa shape index (κ3) is 9.42. The Labute approximate surface area is 94.9 Å². The molecule has 0 bridgehead atoms. The Kier molecular flexibility index (Phi) is 8.46. The molecule has 0 aromatic heterocycles. The zero-order valence-electron chi connectivity index (χ0n) is 9.69. The third-order valence-corrected chi connectivity index (χ3v) is 1.84. The number of methoxy groups -OCH3 is 1. The van der Waals surface area contributed by atoms with E-state index in [9.17, 15) is 9.59 Å². The molecule has 0 saturated carbocycles. The van der Waals surface area contributed by atoms with Crippen molar-refractivity contribution in [3.63, 3.8) is 0 Å². The van der Waals surface area contributed by atoms with Crippen molar-refractivity contribution in [3.8, 4) is 0 Å². The highest BCUT2D eigenvalue weighted by molar-refractivity contribution is 5.77. The maximum Gasteiger partial charge on any atom is 0.303 e. The molecular formula is C10H19NO5. The average molecular weight is 233 g/mol. The van der Waals surface area contributed by atoms with Crippen molar-refractivity contribution in [1.82, 2.24) is 5.32 Å². The summed E-state index contributed by atoms with van der Waals surface area (Å²) in [6.07, 6.45) is 0.0464. The van der Waals surface area contributed by atoms with Gasteiger partial charge in [-0.25, -0.2) is 0 Å². The lowest BCUT2D eigenvalue weighted by Crippen LogP contribution is -2.32. The summed E-state index contributed by atoms with van der Waals surface area (Å²) in [6, 6.07) is 0. The summed E-state index contributed by atoms with van der Waals surface area (Å²) in [5, 5.41) is 11.1. The number of carboxylic acid groups (broad SMARTS) is 1. The molecule has 0 aliphatic rings. The van der Waals surface area contributed by atoms with Crippen LogP contribution < -0.4 is 5.32 Å². The molecule has 1 atom stereocenters. The second-order valence-corrected chi connectivity index (χ2v) is 3.55. The van der Waals surface area contributed by atoms with Gasteiger partial charge in [-0.2, -0.15) is 0 Å². The smallest absolute Gasteiger partial charge is 0.303 e. The summed E-state index contributed by atoms with van der Waals surface area (Å²) in [6.45, 7) is 2.90. The number of nitrogens with one attached hydrogen (secondary N) is 1. The van der Waals surface area contributed by atoms with Crippen LogP contribution in [-0.2, 0) is 19.1 Å². The van der Waals surface area contributed by atoms with Gasteiger partial charge in [0.15, 0.2) is 0 Å². The van der Waals surface area contributed by atoms with Gasteiger partial charge in [0.2, 0.25) is 5.91 Å². The van der Waals surface area contributed by atoms with Crippen LogP contribution in [0.3, 0.4) is 0 Å². The summed E-state index contributed by atoms with van der Waals surface area (Å²) in [5.74, 6) is -1.19. The van der Waals surface area contributed by atoms with Gasteiger partial charge >= 0.3 is 5.97 Å². The van der Waals surface area contributed by atoms with Gasteiger partial charge in [0.1, 0.15) is 6.61 Å². The molecule has 0 aliphatic heterocycles. The van der Waals surface area contributed by atoms with Crippen LogP contribution in [0.2, 0.25) is 0 Å². The van der Waals surface area contributed by atoms with Crippen molar-refractivity contribution in [1.29, 1.82) is 0 Å². The van der Waals surface area contributed by atoms with Crippen molar-refractivity contribution >= 4 is 11.9 Å². The molecule has 94 valence electrons. The summed E-state index contributed by atoms with van der Waals surface area (Å²) in [4.78, 5) is 21.5. The third-order valence-electron chi connectivity index (χ3n) is 1.84. The Morgan fingerprint density at radius 3 is 2.62 bits per heavy atom. The molecule has 2 N–H and O–H groups in total. The van der Waals surface area contributed by atoms with Crippen molar-refractivity contribution < 1.29 is 24.2 Å². The van der Waals surface area contributed by atoms with Gasteiger partial charge < -0.3 is 19.9 Å². The molecule has 0 spiro atoms. The topological polar surface area (TPSA) is 84.9 Å². The summed E-state index contributed by atoms with van der Waals surface area (Å²) < 4.78 is 9.74. The van der Waals surface area contributed by atoms with E-state index < -0.39 is 5.97 Å². The van der Waals surface area contributed by atoms with Crippen molar-refractivity contribution in [2.75, 3.05) is 33.5 Å². The molecule has 0 heterocycles. The van der Waals surface area contributed by atoms with E-state index in [-0.39, 0.29) is 24.9 Å². The predicted octanol–water partition coefficient (Wildman–Crippen LogP) is -0.124. The van der Waals surface area contributed by atoms with Gasteiger partial charge in [-0.15, -0.1) is 0 Å². The van der Waals surface area contributed by atoms with Gasteiger partial charge in [-0.3, -0.25) is 9.59 Å². The van der Waals surface area contributed by atoms with Gasteiger partial charge in [-0.05, 0) is 5.92 Å². The Morgan fingerprint density at radius 1 is 1.38 bits per heavy atom. The number of carbonyl (C=O) groups is 2. The number of aliphatic carboxylic acids is 1. The number of hydrogen-bond acceptors (Lipinski definition) is 4. The molecule has 16 heavy (non-hydrogen) atoms. The average Bonchev–Trinajstić information content (AvgIpc) is 2.20. The number of carbonyl (C=O) groups excluding carboxylic acids is 1. The number of ether oxygens (including phenoxy) is 2. The molecule has 0 rings (SSSR count). The molecule has 0 radical (unpaired) electrons. The minimum Gasteiger partial charge on any atom is -0.481 e. The van der Waals surface area contributed by atoms with Gasteiger partial charge in [0.05, 0.1) is 13.2 Å². The predicted molar refractivity (Wildman–Crippen MR) is 57.1 cm³/mol. The van der Waals surface area contributed by atoms with E-state index in [4.69, 9.17) is 14.6 Å². The molecule has 1 amide bonds. The summed E-state index contributed by atoms with van der Waals surface area (Å²) >= 11 is 0. The first kappa shape index (κ1) is 14.9. The van der Waals surface area contributed by atoms with Crippen LogP contribution in [0.4, 0.5) is 0 Å². The van der Waals surface area contributed by atoms with Crippen molar-refractivity contribution in [2.24, 2.45) is 5.92 Å². The number of amides is 1. The highest BCUT2D eigenvalue weighted by atomic mass is 16.5. The standard InChI is InChI=1S/C10H19NO5/c1-8(5-10(13)14)6-11-9(12)7-16-4-3-15-2/h8H,3-7H2,1-2H3,(H,11,12)(H,13,14). The number of rotatable bonds is 9. The fraction of sp³-hybridized carbons (Fsp3) is 0.800. The lowest BCUT2D eigenvalue weighted by Gasteiger charge is -2.10. The Bertz CT molecular complexity index is 219. The second kappa shape index (κ2) is 9.11. The monoisotopic (exact) mass is 233 g/mol. The van der Waals surface area contributed by atoms with Crippen LogP contribution in [0.5, 0.6) is 0 Å². The van der Waals surface area contributed by atoms with E-state index in [0.717, 1.165) is 0 Å². The van der Waals surface area contributed by atoms with Crippen LogP contribution in [0.1, 0.15) is 13.3 Å². The van der Waals surface area contributed by atoms with Crippen molar-refractivity contribution in [2.45, 2.75) is 13.3 Å². The van der Waals surface area contributed by atoms with Crippen LogP contribution in [-0.4, -0.2) is 50.5 Å². The first-order chi connectivity index (χ1) is 7.56. The van der Waals surface area contributed by atoms with Gasteiger partial charge in [0.25, 0.3) is 0 Å². The number of carboxylic acids is 1. The van der Waals surface area contributed by atoms with Crippen LogP contribution in [0.25, 0.3) is 0 Å². The van der Waals surface area contributed by atoms with E-state index in [1.165, 1.54) is 0 Å². The van der Waals surface area contributed by atoms with Crippen LogP contribution >= 0.6 is 0 Å². The summed E-state index contributed by atoms with van der Waals surface area (Å²) in [5.41, 5.74) is 0. The van der Waals surface area contributed by atoms with E-state index in [2.05, 4.69) is 5.32 Å². The lowest BCUT2D eigenvalue weighted by atomic mass is 10.1. The second-order valence-electron chi connectivity index (χ2n) is 3.55. The molecule has 1 unspecified atom stereocenters. The SMILES string of the molecule is COCCOCC(=O)NCC(C)CC(=O)O. The maximum absolute atomic E-state index is 11.2. The first-order valence-electron chi connectivity index (χ1n) is 5.11. The lowest BCUT2D eigenvalue weighted by molar-refractivity contribution is -0.138. The van der Waals surface area contributed by atoms with E-state index >= 15 is 0 Å². The highest BCUT2D eigenvalue weighted by Crippen LogP contribution is 1.98. The normalized spacial score (nSPS) is 12.1. The fourth-order valence-corrected chi connectivity index (χ4v) is 1.02. The van der Waals surface area contributed by atoms with E-state index in [1.807, 2.05) is 0 Å². The number of hydrogen-bond donors (Lipinski definition) is 2. The Morgan fingerprint density at radius 2 is 2.06 bits per heavy atom. The molecule has 6 heteroatoms. The quantitative estimate of drug-likeness (QED) is 0.542. The summed E-state index contributed by atoms with van der Waals surface area (Å²) in [7, 11) is 1.55. The van der Waals surface area contributed by atoms with Crippen LogP contribution in [0.15, 0.2) is 0 Å². The molecule has 0 aliphatic carbocycles. The maximum atomic E-state index is 11.2. The Balaban J connectivity index is 3.45. The van der Waals surface area contributed by atoms with Gasteiger partial charge in [0, 0.05) is 20.1 Å². The molecule has 0 aromatic rings. The van der Waals surface area contributed by atoms with E-state index in [0.29, 0.717) is 19.8 Å². The first-order valence-corrected chi connectivity index (χ1v) is 5.11. The molecule has 0 aromatic carbocycles. The van der Waals surface area contributed by atoms with E-state index in [1.54, 1.807) is 14.0 Å². The Hall–Kier alpha value is -1.14. The van der Waals surface area contributed by atoms with Gasteiger partial charge in [-0.1, -0.05) is 6.92 Å². The minimum absolute atomic E-state index is 0.0247. The highest BCUT2D eigenvalue weighted by Gasteiger charge is 2.09.